The first-order valence-corrected chi connectivity index (χ1v) is 11.0. The van der Waals surface area contributed by atoms with E-state index in [0.717, 1.165) is 70.6 Å². The summed E-state index contributed by atoms with van der Waals surface area (Å²) >= 11 is 1.65. The molecular formula is C22H23N5O2S. The molecule has 0 bridgehead atoms. The number of fused-ring (bicyclic) bond motifs is 2. The summed E-state index contributed by atoms with van der Waals surface area (Å²) in [4.78, 5) is 24.4. The van der Waals surface area contributed by atoms with Crippen LogP contribution in [-0.4, -0.2) is 46.7 Å². The molecule has 1 N–H and O–H groups in total. The zero-order valence-electron chi connectivity index (χ0n) is 16.8. The van der Waals surface area contributed by atoms with Crippen molar-refractivity contribution in [1.82, 2.24) is 14.5 Å². The zero-order valence-corrected chi connectivity index (χ0v) is 17.6. The van der Waals surface area contributed by atoms with Crippen molar-refractivity contribution >= 4 is 49.3 Å². The number of ether oxygens (including phenoxy) is 1. The van der Waals surface area contributed by atoms with Crippen LogP contribution < -0.4 is 10.2 Å². The Morgan fingerprint density at radius 1 is 1.13 bits per heavy atom. The molecule has 5 rings (SSSR count). The number of hydrogen-bond acceptors (Lipinski definition) is 6. The van der Waals surface area contributed by atoms with Crippen molar-refractivity contribution in [3.63, 3.8) is 0 Å². The molecule has 1 amide bonds. The Morgan fingerprint density at radius 2 is 1.97 bits per heavy atom. The minimum Gasteiger partial charge on any atom is -0.378 e. The molecule has 1 saturated heterocycles. The third-order valence-corrected chi connectivity index (χ3v) is 6.37. The Morgan fingerprint density at radius 3 is 2.80 bits per heavy atom. The molecule has 0 saturated carbocycles. The van der Waals surface area contributed by atoms with E-state index in [1.165, 1.54) is 0 Å². The fourth-order valence-corrected chi connectivity index (χ4v) is 4.85. The lowest BCUT2D eigenvalue weighted by Gasteiger charge is -2.25. The van der Waals surface area contributed by atoms with E-state index in [-0.39, 0.29) is 12.5 Å². The first-order chi connectivity index (χ1) is 14.7. The highest BCUT2D eigenvalue weighted by atomic mass is 32.1. The number of benzene rings is 2. The average Bonchev–Trinajstić information content (AvgIpc) is 3.35. The summed E-state index contributed by atoms with van der Waals surface area (Å²) in [5.74, 6) is 0.851. The molecule has 0 radical (unpaired) electrons. The zero-order chi connectivity index (χ0) is 20.5. The lowest BCUT2D eigenvalue weighted by molar-refractivity contribution is -0.116. The number of carbonyl (C=O) groups excluding carboxylic acids is 1. The summed E-state index contributed by atoms with van der Waals surface area (Å²) in [7, 11) is 0. The predicted octanol–water partition coefficient (Wildman–Crippen LogP) is 3.68. The summed E-state index contributed by atoms with van der Waals surface area (Å²) in [5.41, 5.74) is 3.64. The molecule has 2 aromatic heterocycles. The van der Waals surface area contributed by atoms with E-state index in [9.17, 15) is 4.79 Å². The molecule has 154 valence electrons. The summed E-state index contributed by atoms with van der Waals surface area (Å²) < 4.78 is 8.48. The molecule has 1 aliphatic heterocycles. The Hall–Kier alpha value is -2.97. The maximum Gasteiger partial charge on any atom is 0.244 e. The maximum absolute atomic E-state index is 12.8. The van der Waals surface area contributed by atoms with Crippen molar-refractivity contribution in [3.8, 4) is 0 Å². The van der Waals surface area contributed by atoms with E-state index < -0.39 is 0 Å². The van der Waals surface area contributed by atoms with Gasteiger partial charge in [0.1, 0.15) is 12.4 Å². The number of amides is 1. The molecule has 0 atom stereocenters. The molecule has 3 heterocycles. The van der Waals surface area contributed by atoms with Crippen LogP contribution in [0.2, 0.25) is 0 Å². The number of thiazole rings is 1. The van der Waals surface area contributed by atoms with Crippen molar-refractivity contribution < 1.29 is 9.53 Å². The lowest BCUT2D eigenvalue weighted by atomic mass is 10.3. The van der Waals surface area contributed by atoms with Crippen LogP contribution in [0.3, 0.4) is 0 Å². The number of nitrogens with zero attached hydrogens (tertiary/aromatic N) is 4. The molecule has 0 aliphatic carbocycles. The van der Waals surface area contributed by atoms with Gasteiger partial charge in [0.2, 0.25) is 5.91 Å². The van der Waals surface area contributed by atoms with Crippen LogP contribution in [-0.2, 0) is 22.5 Å². The number of anilines is 2. The van der Waals surface area contributed by atoms with Crippen molar-refractivity contribution in [1.29, 1.82) is 0 Å². The van der Waals surface area contributed by atoms with Crippen LogP contribution in [0.15, 0.2) is 42.5 Å². The molecule has 7 nitrogen and oxygen atoms in total. The molecule has 1 fully saturated rings. The largest absolute Gasteiger partial charge is 0.378 e. The van der Waals surface area contributed by atoms with Crippen LogP contribution in [0.4, 0.5) is 10.8 Å². The summed E-state index contributed by atoms with van der Waals surface area (Å²) in [5, 5.41) is 4.04. The Bertz CT molecular complexity index is 1210. The topological polar surface area (TPSA) is 72.3 Å². The molecule has 8 heteroatoms. The highest BCUT2D eigenvalue weighted by molar-refractivity contribution is 7.22. The molecule has 30 heavy (non-hydrogen) atoms. The number of carbonyl (C=O) groups is 1. The van der Waals surface area contributed by atoms with E-state index in [0.29, 0.717) is 0 Å². The third kappa shape index (κ3) is 3.64. The number of aromatic nitrogens is 3. The fraction of sp³-hybridized carbons (Fsp3) is 0.318. The molecule has 1 aliphatic rings. The third-order valence-electron chi connectivity index (χ3n) is 5.29. The van der Waals surface area contributed by atoms with Crippen molar-refractivity contribution in [2.75, 3.05) is 36.5 Å². The lowest BCUT2D eigenvalue weighted by Crippen LogP contribution is -2.36. The fourth-order valence-electron chi connectivity index (χ4n) is 3.80. The van der Waals surface area contributed by atoms with E-state index in [4.69, 9.17) is 9.72 Å². The van der Waals surface area contributed by atoms with Gasteiger partial charge in [-0.25, -0.2) is 9.97 Å². The smallest absolute Gasteiger partial charge is 0.244 e. The number of hydrogen-bond donors (Lipinski definition) is 1. The summed E-state index contributed by atoms with van der Waals surface area (Å²) in [6.45, 7) is 5.49. The second kappa shape index (κ2) is 8.04. The minimum atomic E-state index is -0.0647. The number of imidazole rings is 1. The van der Waals surface area contributed by atoms with Gasteiger partial charge >= 0.3 is 0 Å². The maximum atomic E-state index is 12.8. The highest BCUT2D eigenvalue weighted by Gasteiger charge is 2.16. The highest BCUT2D eigenvalue weighted by Crippen LogP contribution is 2.31. The van der Waals surface area contributed by atoms with Gasteiger partial charge in [0.05, 0.1) is 34.5 Å². The SMILES string of the molecule is CCc1nc2ccccc2n1CC(=O)Nc1ccc2nc(N3CCOCC3)sc2c1. The minimum absolute atomic E-state index is 0.0647. The van der Waals surface area contributed by atoms with E-state index >= 15 is 0 Å². The van der Waals surface area contributed by atoms with Gasteiger partial charge in [-0.1, -0.05) is 30.4 Å². The van der Waals surface area contributed by atoms with E-state index in [2.05, 4.69) is 22.1 Å². The van der Waals surface area contributed by atoms with Crippen LogP contribution in [0.1, 0.15) is 12.7 Å². The van der Waals surface area contributed by atoms with Crippen LogP contribution in [0.5, 0.6) is 0 Å². The average molecular weight is 422 g/mol. The second-order valence-corrected chi connectivity index (χ2v) is 8.29. The number of aryl methyl sites for hydroxylation is 1. The number of rotatable bonds is 5. The van der Waals surface area contributed by atoms with E-state index in [1.54, 1.807) is 11.3 Å². The van der Waals surface area contributed by atoms with Gasteiger partial charge in [0.25, 0.3) is 0 Å². The van der Waals surface area contributed by atoms with Gasteiger partial charge in [-0.15, -0.1) is 0 Å². The standard InChI is InChI=1S/C22H23N5O2S/c1-2-20-24-16-5-3-4-6-18(16)27(20)14-21(28)23-15-7-8-17-19(13-15)30-22(25-17)26-9-11-29-12-10-26/h3-8,13H,2,9-12,14H2,1H3,(H,23,28). The Balaban J connectivity index is 1.34. The number of nitrogens with one attached hydrogen (secondary N) is 1. The second-order valence-electron chi connectivity index (χ2n) is 7.28. The number of morpholine rings is 1. The molecule has 2 aromatic carbocycles. The van der Waals surface area contributed by atoms with Crippen LogP contribution in [0, 0.1) is 0 Å². The van der Waals surface area contributed by atoms with Gasteiger partial charge in [0.15, 0.2) is 5.13 Å². The van der Waals surface area contributed by atoms with Crippen LogP contribution in [0.25, 0.3) is 21.3 Å². The molecular weight excluding hydrogens is 398 g/mol. The van der Waals surface area contributed by atoms with E-state index in [1.807, 2.05) is 47.0 Å². The van der Waals surface area contributed by atoms with Gasteiger partial charge in [0, 0.05) is 25.2 Å². The first kappa shape index (κ1) is 19.0. The van der Waals surface area contributed by atoms with Gasteiger partial charge < -0.3 is 19.5 Å². The normalized spacial score (nSPS) is 14.5. The van der Waals surface area contributed by atoms with Gasteiger partial charge in [-0.2, -0.15) is 0 Å². The van der Waals surface area contributed by atoms with Crippen molar-refractivity contribution in [3.05, 3.63) is 48.3 Å². The van der Waals surface area contributed by atoms with Gasteiger partial charge in [-0.3, -0.25) is 4.79 Å². The quantitative estimate of drug-likeness (QED) is 0.532. The van der Waals surface area contributed by atoms with Crippen LogP contribution >= 0.6 is 11.3 Å². The Kier molecular flexibility index (Phi) is 5.10. The molecule has 0 spiro atoms. The van der Waals surface area contributed by atoms with Gasteiger partial charge in [-0.05, 0) is 30.3 Å². The monoisotopic (exact) mass is 421 g/mol. The predicted molar refractivity (Wildman–Crippen MR) is 120 cm³/mol. The molecule has 4 aromatic rings. The van der Waals surface area contributed by atoms with Crippen molar-refractivity contribution in [2.45, 2.75) is 19.9 Å². The summed E-state index contributed by atoms with van der Waals surface area (Å²) in [6, 6.07) is 13.8. The van der Waals surface area contributed by atoms with Crippen molar-refractivity contribution in [2.24, 2.45) is 0 Å². The Labute approximate surface area is 178 Å². The summed E-state index contributed by atoms with van der Waals surface area (Å²) in [6.07, 6.45) is 0.777. The first-order valence-electron chi connectivity index (χ1n) is 10.2. The molecule has 0 unspecified atom stereocenters. The number of para-hydroxylation sites is 2.